The van der Waals surface area contributed by atoms with E-state index in [0.29, 0.717) is 0 Å². The average Bonchev–Trinajstić information content (AvgIpc) is 3.06. The molecule has 1 aromatic heterocycles. The number of fused-ring (bicyclic) bond motifs is 2. The summed E-state index contributed by atoms with van der Waals surface area (Å²) in [4.78, 5) is 2.36. The van der Waals surface area contributed by atoms with Crippen LogP contribution in [0.1, 0.15) is 44.9 Å². The van der Waals surface area contributed by atoms with Crippen molar-refractivity contribution in [1.29, 1.82) is 0 Å². The Hall–Kier alpha value is -1.06. The second-order valence-corrected chi connectivity index (χ2v) is 6.64. The van der Waals surface area contributed by atoms with Gasteiger partial charge in [-0.15, -0.1) is 5.10 Å². The second-order valence-electron chi connectivity index (χ2n) is 6.64. The van der Waals surface area contributed by atoms with E-state index in [-0.39, 0.29) is 0 Å². The van der Waals surface area contributed by atoms with Crippen LogP contribution in [0, 0.1) is 23.7 Å². The molecule has 4 nitrogen and oxygen atoms in total. The normalized spacial score (nSPS) is 36.8. The lowest BCUT2D eigenvalue weighted by atomic mass is 9.60. The van der Waals surface area contributed by atoms with Gasteiger partial charge in [-0.1, -0.05) is 12.0 Å². The maximum atomic E-state index is 5.81. The minimum atomic E-state index is 0.775. The molecule has 4 fully saturated rings. The van der Waals surface area contributed by atoms with Crippen molar-refractivity contribution in [2.45, 2.75) is 45.4 Å². The third-order valence-electron chi connectivity index (χ3n) is 5.63. The van der Waals surface area contributed by atoms with Gasteiger partial charge in [-0.25, -0.2) is 0 Å². The van der Waals surface area contributed by atoms with E-state index in [1.807, 2.05) is 0 Å². The summed E-state index contributed by atoms with van der Waals surface area (Å²) in [6.07, 6.45) is 7.82. The Bertz CT molecular complexity index is 430. The van der Waals surface area contributed by atoms with E-state index in [1.165, 1.54) is 25.7 Å². The fraction of sp³-hybridized carbons (Fsp3) is 0.867. The van der Waals surface area contributed by atoms with E-state index in [0.717, 1.165) is 61.5 Å². The maximum absolute atomic E-state index is 5.81. The highest BCUT2D eigenvalue weighted by molar-refractivity contribution is 5.28. The van der Waals surface area contributed by atoms with Crippen LogP contribution in [0.5, 0.6) is 0 Å². The van der Waals surface area contributed by atoms with Crippen molar-refractivity contribution in [1.82, 2.24) is 10.2 Å². The molecule has 3 saturated carbocycles. The SMILES string of the molecule is CCCc1nnc(N2C[C@@H]3C4CCC(CC4)[C@@H]3C2)o1. The van der Waals surface area contributed by atoms with Gasteiger partial charge in [0.05, 0.1) is 0 Å². The summed E-state index contributed by atoms with van der Waals surface area (Å²) in [5.74, 6) is 4.54. The first kappa shape index (κ1) is 11.7. The lowest BCUT2D eigenvalue weighted by molar-refractivity contribution is 0.0577. The molecule has 0 spiro atoms. The van der Waals surface area contributed by atoms with Crippen LogP contribution in [0.25, 0.3) is 0 Å². The van der Waals surface area contributed by atoms with Crippen LogP contribution in [0.15, 0.2) is 4.42 Å². The Morgan fingerprint density at radius 1 is 1.05 bits per heavy atom. The fourth-order valence-electron chi connectivity index (χ4n) is 4.70. The Morgan fingerprint density at radius 2 is 1.68 bits per heavy atom. The van der Waals surface area contributed by atoms with E-state index >= 15 is 0 Å². The Labute approximate surface area is 114 Å². The first-order valence-electron chi connectivity index (χ1n) is 7.92. The van der Waals surface area contributed by atoms with Crippen LogP contribution < -0.4 is 4.90 Å². The van der Waals surface area contributed by atoms with Gasteiger partial charge in [-0.05, 0) is 55.8 Å². The molecular formula is C15H23N3O. The number of anilines is 1. The zero-order valence-corrected chi connectivity index (χ0v) is 11.7. The lowest BCUT2D eigenvalue weighted by Gasteiger charge is -2.44. The molecular weight excluding hydrogens is 238 g/mol. The van der Waals surface area contributed by atoms with Crippen molar-refractivity contribution in [3.05, 3.63) is 5.89 Å². The van der Waals surface area contributed by atoms with Crippen LogP contribution in [0.3, 0.4) is 0 Å². The van der Waals surface area contributed by atoms with Gasteiger partial charge in [0.25, 0.3) is 0 Å². The third-order valence-corrected chi connectivity index (χ3v) is 5.63. The minimum absolute atomic E-state index is 0.775. The highest BCUT2D eigenvalue weighted by Gasteiger charge is 2.48. The molecule has 0 unspecified atom stereocenters. The summed E-state index contributed by atoms with van der Waals surface area (Å²) in [5, 5.41) is 8.42. The van der Waals surface area contributed by atoms with Gasteiger partial charge in [-0.2, -0.15) is 0 Å². The molecule has 3 aliphatic carbocycles. The number of aryl methyl sites for hydroxylation is 1. The molecule has 1 aliphatic heterocycles. The monoisotopic (exact) mass is 261 g/mol. The van der Waals surface area contributed by atoms with Gasteiger partial charge in [0, 0.05) is 19.5 Å². The van der Waals surface area contributed by atoms with Gasteiger partial charge < -0.3 is 9.32 Å². The van der Waals surface area contributed by atoms with E-state index in [1.54, 1.807) is 0 Å². The largest absolute Gasteiger partial charge is 0.408 e. The molecule has 104 valence electrons. The summed E-state index contributed by atoms with van der Waals surface area (Å²) in [5.41, 5.74) is 0. The lowest BCUT2D eigenvalue weighted by Crippen LogP contribution is -2.38. The molecule has 0 N–H and O–H groups in total. The van der Waals surface area contributed by atoms with Crippen molar-refractivity contribution in [3.63, 3.8) is 0 Å². The van der Waals surface area contributed by atoms with E-state index in [2.05, 4.69) is 22.0 Å². The summed E-state index contributed by atoms with van der Waals surface area (Å²) in [7, 11) is 0. The molecule has 19 heavy (non-hydrogen) atoms. The zero-order valence-electron chi connectivity index (χ0n) is 11.7. The smallest absolute Gasteiger partial charge is 0.318 e. The Balaban J connectivity index is 1.51. The van der Waals surface area contributed by atoms with Crippen LogP contribution in [-0.4, -0.2) is 23.3 Å². The molecule has 0 radical (unpaired) electrons. The number of rotatable bonds is 3. The fourth-order valence-corrected chi connectivity index (χ4v) is 4.70. The molecule has 1 saturated heterocycles. The van der Waals surface area contributed by atoms with Gasteiger partial charge in [0.15, 0.2) is 0 Å². The van der Waals surface area contributed by atoms with Crippen LogP contribution >= 0.6 is 0 Å². The third kappa shape index (κ3) is 1.87. The quantitative estimate of drug-likeness (QED) is 0.839. The highest BCUT2D eigenvalue weighted by atomic mass is 16.4. The van der Waals surface area contributed by atoms with E-state index in [4.69, 9.17) is 4.42 Å². The predicted octanol–water partition coefficient (Wildman–Crippen LogP) is 2.89. The molecule has 1 aromatic rings. The molecule has 2 atom stereocenters. The molecule has 0 aromatic carbocycles. The maximum Gasteiger partial charge on any atom is 0.318 e. The van der Waals surface area contributed by atoms with Crippen molar-refractivity contribution < 1.29 is 4.42 Å². The van der Waals surface area contributed by atoms with Gasteiger partial charge in [-0.3, -0.25) is 0 Å². The van der Waals surface area contributed by atoms with E-state index in [9.17, 15) is 0 Å². The molecule has 0 amide bonds. The molecule has 2 bridgehead atoms. The predicted molar refractivity (Wildman–Crippen MR) is 72.9 cm³/mol. The van der Waals surface area contributed by atoms with Crippen molar-refractivity contribution in [2.75, 3.05) is 18.0 Å². The zero-order chi connectivity index (χ0) is 12.8. The average molecular weight is 261 g/mol. The van der Waals surface area contributed by atoms with Crippen LogP contribution in [-0.2, 0) is 6.42 Å². The number of nitrogens with zero attached hydrogens (tertiary/aromatic N) is 3. The summed E-state index contributed by atoms with van der Waals surface area (Å²) >= 11 is 0. The van der Waals surface area contributed by atoms with Crippen molar-refractivity contribution in [3.8, 4) is 0 Å². The van der Waals surface area contributed by atoms with Crippen LogP contribution in [0.2, 0.25) is 0 Å². The van der Waals surface area contributed by atoms with Gasteiger partial charge in [0.1, 0.15) is 0 Å². The molecule has 4 heteroatoms. The molecule has 2 heterocycles. The van der Waals surface area contributed by atoms with Crippen LogP contribution in [0.4, 0.5) is 6.01 Å². The topological polar surface area (TPSA) is 42.2 Å². The first-order chi connectivity index (χ1) is 9.35. The Morgan fingerprint density at radius 3 is 2.26 bits per heavy atom. The van der Waals surface area contributed by atoms with Crippen molar-refractivity contribution in [2.24, 2.45) is 23.7 Å². The standard InChI is InChI=1S/C15H23N3O/c1-2-3-14-16-17-15(19-14)18-8-12-10-4-5-11(7-6-10)13(12)9-18/h10-13H,2-9H2,1H3/t10?,11?,12-,13+. The molecule has 4 aliphatic rings. The number of aromatic nitrogens is 2. The highest BCUT2D eigenvalue weighted by Crippen LogP contribution is 2.52. The second kappa shape index (κ2) is 4.50. The Kier molecular flexibility index (Phi) is 2.78. The summed E-state index contributed by atoms with van der Waals surface area (Å²) in [6.45, 7) is 4.45. The van der Waals surface area contributed by atoms with Gasteiger partial charge in [0.2, 0.25) is 5.89 Å². The first-order valence-corrected chi connectivity index (χ1v) is 7.92. The van der Waals surface area contributed by atoms with Crippen molar-refractivity contribution >= 4 is 6.01 Å². The number of hydrogen-bond acceptors (Lipinski definition) is 4. The minimum Gasteiger partial charge on any atom is -0.408 e. The number of hydrogen-bond donors (Lipinski definition) is 0. The summed E-state index contributed by atoms with van der Waals surface area (Å²) < 4.78 is 5.81. The molecule has 5 rings (SSSR count). The van der Waals surface area contributed by atoms with Gasteiger partial charge >= 0.3 is 6.01 Å². The summed E-state index contributed by atoms with van der Waals surface area (Å²) in [6, 6.07) is 0.775. The van der Waals surface area contributed by atoms with E-state index < -0.39 is 0 Å².